The molecule has 34 heavy (non-hydrogen) atoms. The van der Waals surface area contributed by atoms with Gasteiger partial charge in [0.25, 0.3) is 0 Å². The number of fused-ring (bicyclic) bond motifs is 2. The summed E-state index contributed by atoms with van der Waals surface area (Å²) in [4.78, 5) is 16.5. The van der Waals surface area contributed by atoms with Crippen molar-refractivity contribution >= 4 is 18.0 Å². The smallest absolute Gasteiger partial charge is 0.181 e. The van der Waals surface area contributed by atoms with E-state index in [1.165, 1.54) is 5.56 Å². The van der Waals surface area contributed by atoms with Gasteiger partial charge in [-0.05, 0) is 48.3 Å². The molecule has 6 rings (SSSR count). The van der Waals surface area contributed by atoms with Crippen molar-refractivity contribution in [3.8, 4) is 11.8 Å². The molecule has 2 heterocycles. The van der Waals surface area contributed by atoms with Crippen LogP contribution in [0.4, 0.5) is 0 Å². The van der Waals surface area contributed by atoms with E-state index < -0.39 is 12.2 Å². The molecule has 7 heteroatoms. The molecule has 2 fully saturated rings. The van der Waals surface area contributed by atoms with E-state index in [4.69, 9.17) is 15.0 Å². The van der Waals surface area contributed by atoms with Crippen LogP contribution in [0.2, 0.25) is 0 Å². The summed E-state index contributed by atoms with van der Waals surface area (Å²) in [5.41, 5.74) is 2.14. The molecule has 7 atom stereocenters. The molecule has 2 saturated carbocycles. The number of amidine groups is 2. The fourth-order valence-electron chi connectivity index (χ4n) is 5.35. The van der Waals surface area contributed by atoms with Crippen LogP contribution in [-0.4, -0.2) is 70.1 Å². The molecule has 0 aromatic heterocycles. The fraction of sp³-hybridized carbons (Fsp3) is 0.370. The van der Waals surface area contributed by atoms with Crippen LogP contribution < -0.4 is 5.32 Å². The molecule has 172 valence electrons. The van der Waals surface area contributed by atoms with Crippen LogP contribution in [-0.2, 0) is 6.42 Å². The third-order valence-electron chi connectivity index (χ3n) is 7.17. The van der Waals surface area contributed by atoms with Crippen molar-refractivity contribution in [1.29, 1.82) is 0 Å². The zero-order chi connectivity index (χ0) is 23.1. The molecule has 0 amide bonds. The van der Waals surface area contributed by atoms with Crippen LogP contribution in [0.5, 0.6) is 0 Å². The summed E-state index contributed by atoms with van der Waals surface area (Å²) in [7, 11) is 0. The largest absolute Gasteiger partial charge is 0.390 e. The van der Waals surface area contributed by atoms with E-state index in [2.05, 4.69) is 29.3 Å². The Morgan fingerprint density at radius 3 is 2.47 bits per heavy atom. The second kappa shape index (κ2) is 8.71. The maximum atomic E-state index is 10.7. The van der Waals surface area contributed by atoms with Gasteiger partial charge in [-0.2, -0.15) is 0 Å². The number of nitrogens with zero attached hydrogens (tertiary/aromatic N) is 4. The molecule has 0 spiro atoms. The first-order valence-corrected chi connectivity index (χ1v) is 11.9. The molecule has 0 saturated heterocycles. The number of benzene rings is 2. The summed E-state index contributed by atoms with van der Waals surface area (Å²) in [6.07, 6.45) is 1.74. The number of aliphatic imine (C=N–C) groups is 3. The standard InChI is InChI=1S/C27H27N5O2/c33-24-20-15-19(20)23(25(24)34)32-16-29-22-26(28-14-13-18-9-5-2-6-10-18)30-21(31-27(22)32)12-11-17-7-3-1-4-8-17/h1-10,16,19-20,22-25,27,33-34H,13-15H2,(H,28,30,31)/t19?,20-,22?,23-,24-,25+,27?/m1/s1. The van der Waals surface area contributed by atoms with Crippen LogP contribution >= 0.6 is 0 Å². The van der Waals surface area contributed by atoms with E-state index >= 15 is 0 Å². The number of hydrogen-bond acceptors (Lipinski definition) is 6. The highest BCUT2D eigenvalue weighted by Crippen LogP contribution is 2.54. The van der Waals surface area contributed by atoms with Gasteiger partial charge in [0.1, 0.15) is 18.0 Å². The number of hydrogen-bond donors (Lipinski definition) is 3. The Bertz CT molecular complexity index is 1200. The highest BCUT2D eigenvalue weighted by molar-refractivity contribution is 6.13. The average Bonchev–Trinajstić information content (AvgIpc) is 3.48. The minimum absolute atomic E-state index is 0.175. The van der Waals surface area contributed by atoms with Gasteiger partial charge in [0.2, 0.25) is 0 Å². The van der Waals surface area contributed by atoms with Gasteiger partial charge in [-0.15, -0.1) is 0 Å². The van der Waals surface area contributed by atoms with Crippen molar-refractivity contribution in [1.82, 2.24) is 10.2 Å². The molecule has 0 bridgehead atoms. The quantitative estimate of drug-likeness (QED) is 0.611. The maximum Gasteiger partial charge on any atom is 0.181 e. The molecule has 4 aliphatic rings. The summed E-state index contributed by atoms with van der Waals surface area (Å²) in [5, 5.41) is 24.4. The third-order valence-corrected chi connectivity index (χ3v) is 7.17. The highest BCUT2D eigenvalue weighted by Gasteiger charge is 2.62. The predicted octanol–water partition coefficient (Wildman–Crippen LogP) is 1.46. The van der Waals surface area contributed by atoms with Gasteiger partial charge >= 0.3 is 0 Å². The zero-order valence-corrected chi connectivity index (χ0v) is 18.7. The Balaban J connectivity index is 1.27. The molecule has 3 N–H and O–H groups in total. The van der Waals surface area contributed by atoms with Gasteiger partial charge in [0.05, 0.1) is 18.5 Å². The Labute approximate surface area is 199 Å². The molecule has 2 aliphatic carbocycles. The number of nitrogens with one attached hydrogen (secondary N) is 1. The van der Waals surface area contributed by atoms with E-state index in [0.29, 0.717) is 12.4 Å². The first kappa shape index (κ1) is 21.1. The molecule has 3 unspecified atom stereocenters. The van der Waals surface area contributed by atoms with Crippen LogP contribution in [0.1, 0.15) is 17.5 Å². The van der Waals surface area contributed by atoms with E-state index in [0.717, 1.165) is 24.2 Å². The van der Waals surface area contributed by atoms with Crippen molar-refractivity contribution in [3.05, 3.63) is 71.8 Å². The topological polar surface area (TPSA) is 92.8 Å². The van der Waals surface area contributed by atoms with Crippen molar-refractivity contribution in [2.24, 2.45) is 26.8 Å². The summed E-state index contributed by atoms with van der Waals surface area (Å²) in [5.74, 6) is 8.06. The second-order valence-electron chi connectivity index (χ2n) is 9.33. The number of aliphatic hydroxyl groups excluding tert-OH is 2. The van der Waals surface area contributed by atoms with E-state index in [1.807, 2.05) is 53.4 Å². The van der Waals surface area contributed by atoms with E-state index in [1.54, 1.807) is 6.34 Å². The summed E-state index contributed by atoms with van der Waals surface area (Å²) in [6, 6.07) is 19.6. The van der Waals surface area contributed by atoms with Crippen molar-refractivity contribution < 1.29 is 10.2 Å². The average molecular weight is 454 g/mol. The molecular weight excluding hydrogens is 426 g/mol. The lowest BCUT2D eigenvalue weighted by Gasteiger charge is -2.36. The van der Waals surface area contributed by atoms with Crippen molar-refractivity contribution in [2.75, 3.05) is 6.54 Å². The van der Waals surface area contributed by atoms with Gasteiger partial charge in [0.15, 0.2) is 12.0 Å². The molecule has 2 aromatic rings. The summed E-state index contributed by atoms with van der Waals surface area (Å²) < 4.78 is 0. The van der Waals surface area contributed by atoms with Crippen LogP contribution in [0, 0.1) is 23.7 Å². The fourth-order valence-corrected chi connectivity index (χ4v) is 5.35. The number of aliphatic hydroxyl groups is 2. The zero-order valence-electron chi connectivity index (χ0n) is 18.7. The minimum atomic E-state index is -0.795. The van der Waals surface area contributed by atoms with Gasteiger partial charge in [0, 0.05) is 12.1 Å². The summed E-state index contributed by atoms with van der Waals surface area (Å²) >= 11 is 0. The van der Waals surface area contributed by atoms with Gasteiger partial charge in [-0.3, -0.25) is 9.98 Å². The third kappa shape index (κ3) is 3.89. The lowest BCUT2D eigenvalue weighted by Crippen LogP contribution is -2.56. The lowest BCUT2D eigenvalue weighted by atomic mass is 10.0. The second-order valence-corrected chi connectivity index (χ2v) is 9.33. The van der Waals surface area contributed by atoms with Crippen molar-refractivity contribution in [2.45, 2.75) is 43.3 Å². The van der Waals surface area contributed by atoms with Gasteiger partial charge in [-0.1, -0.05) is 54.5 Å². The van der Waals surface area contributed by atoms with Gasteiger partial charge in [-0.25, -0.2) is 4.99 Å². The lowest BCUT2D eigenvalue weighted by molar-refractivity contribution is -0.00986. The van der Waals surface area contributed by atoms with Crippen LogP contribution in [0.25, 0.3) is 0 Å². The Kier molecular flexibility index (Phi) is 5.40. The first-order valence-electron chi connectivity index (χ1n) is 11.9. The van der Waals surface area contributed by atoms with Gasteiger partial charge < -0.3 is 20.4 Å². The Morgan fingerprint density at radius 1 is 0.971 bits per heavy atom. The van der Waals surface area contributed by atoms with Crippen LogP contribution in [0.15, 0.2) is 75.6 Å². The summed E-state index contributed by atoms with van der Waals surface area (Å²) in [6.45, 7) is 0.625. The maximum absolute atomic E-state index is 10.7. The molecule has 2 aromatic carbocycles. The van der Waals surface area contributed by atoms with E-state index in [-0.39, 0.29) is 30.1 Å². The minimum Gasteiger partial charge on any atom is -0.390 e. The normalized spacial score (nSPS) is 34.1. The van der Waals surface area contributed by atoms with Crippen LogP contribution in [0.3, 0.4) is 0 Å². The first-order chi connectivity index (χ1) is 16.7. The molecule has 7 nitrogen and oxygen atoms in total. The Hall–Kier alpha value is -3.47. The predicted molar refractivity (Wildman–Crippen MR) is 132 cm³/mol. The van der Waals surface area contributed by atoms with E-state index in [9.17, 15) is 10.2 Å². The van der Waals surface area contributed by atoms with Crippen molar-refractivity contribution in [3.63, 3.8) is 0 Å². The molecule has 2 aliphatic heterocycles. The highest BCUT2D eigenvalue weighted by atomic mass is 16.3. The Morgan fingerprint density at radius 2 is 1.74 bits per heavy atom. The SMILES string of the molecule is O[C@@H]1[C@H](O)[C@@H]2CC2[C@H]1N1C=NC2C(=NCCc3ccccc3)NC(C#Cc3ccccc3)=NC21. The molecule has 0 radical (unpaired) electrons. The number of rotatable bonds is 4. The monoisotopic (exact) mass is 453 g/mol. The molecular formula is C27H27N5O2.